The standard InChI is InChI=1S/C20H26N2O3S2/c1-14(15-9-7-10-17(12-15)27(21,24)25)22(2)20(23)19-13-16-8-5-3-4-6-11-18(16)26-19/h7,9-10,12-14H,3-6,8,11H2,1-2H3,(H2,21,24,25). The van der Waals surface area contributed by atoms with E-state index < -0.39 is 10.0 Å². The number of sulfonamides is 1. The number of fused-ring (bicyclic) bond motifs is 1. The summed E-state index contributed by atoms with van der Waals surface area (Å²) in [6, 6.07) is 8.27. The molecule has 27 heavy (non-hydrogen) atoms. The van der Waals surface area contributed by atoms with Crippen molar-refractivity contribution in [1.82, 2.24) is 4.90 Å². The van der Waals surface area contributed by atoms with Gasteiger partial charge >= 0.3 is 0 Å². The van der Waals surface area contributed by atoms with E-state index >= 15 is 0 Å². The summed E-state index contributed by atoms with van der Waals surface area (Å²) in [7, 11) is -2.01. The zero-order valence-corrected chi connectivity index (χ0v) is 17.4. The number of aryl methyl sites for hydroxylation is 2. The monoisotopic (exact) mass is 406 g/mol. The molecule has 1 aliphatic carbocycles. The van der Waals surface area contributed by atoms with Gasteiger partial charge < -0.3 is 4.90 Å². The van der Waals surface area contributed by atoms with Gasteiger partial charge in [0, 0.05) is 11.9 Å². The smallest absolute Gasteiger partial charge is 0.264 e. The average molecular weight is 407 g/mol. The molecule has 7 heteroatoms. The van der Waals surface area contributed by atoms with E-state index in [1.165, 1.54) is 48.3 Å². The molecule has 5 nitrogen and oxygen atoms in total. The third-order valence-electron chi connectivity index (χ3n) is 5.28. The van der Waals surface area contributed by atoms with Crippen LogP contribution in [-0.4, -0.2) is 26.3 Å². The number of rotatable bonds is 4. The zero-order chi connectivity index (χ0) is 19.6. The molecule has 1 aromatic heterocycles. The van der Waals surface area contributed by atoms with E-state index in [0.717, 1.165) is 23.3 Å². The van der Waals surface area contributed by atoms with E-state index in [9.17, 15) is 13.2 Å². The molecule has 3 rings (SSSR count). The van der Waals surface area contributed by atoms with Gasteiger partial charge in [0.15, 0.2) is 0 Å². The zero-order valence-electron chi connectivity index (χ0n) is 15.8. The summed E-state index contributed by atoms with van der Waals surface area (Å²) < 4.78 is 23.2. The Bertz CT molecular complexity index is 909. The van der Waals surface area contributed by atoms with Crippen LogP contribution in [0, 0.1) is 0 Å². The second kappa shape index (κ2) is 8.12. The van der Waals surface area contributed by atoms with Crippen LogP contribution in [0.25, 0.3) is 0 Å². The predicted octanol–water partition coefficient (Wildman–Crippen LogP) is 3.89. The van der Waals surface area contributed by atoms with Crippen molar-refractivity contribution in [3.8, 4) is 0 Å². The van der Waals surface area contributed by atoms with E-state index in [0.29, 0.717) is 0 Å². The third kappa shape index (κ3) is 4.59. The summed E-state index contributed by atoms with van der Waals surface area (Å²) >= 11 is 1.61. The van der Waals surface area contributed by atoms with Crippen molar-refractivity contribution in [2.75, 3.05) is 7.05 Å². The highest BCUT2D eigenvalue weighted by atomic mass is 32.2. The molecule has 0 fully saturated rings. The van der Waals surface area contributed by atoms with Crippen molar-refractivity contribution < 1.29 is 13.2 Å². The van der Waals surface area contributed by atoms with Gasteiger partial charge in [-0.05, 0) is 61.9 Å². The van der Waals surface area contributed by atoms with Gasteiger partial charge in [-0.25, -0.2) is 13.6 Å². The lowest BCUT2D eigenvalue weighted by Gasteiger charge is -2.25. The van der Waals surface area contributed by atoms with Crippen molar-refractivity contribution in [1.29, 1.82) is 0 Å². The topological polar surface area (TPSA) is 80.5 Å². The molecule has 146 valence electrons. The lowest BCUT2D eigenvalue weighted by molar-refractivity contribution is 0.0747. The molecule has 1 unspecified atom stereocenters. The normalized spacial score (nSPS) is 16.1. The van der Waals surface area contributed by atoms with Gasteiger partial charge in [0.1, 0.15) is 0 Å². The molecule has 0 spiro atoms. The molecular formula is C20H26N2O3S2. The molecule has 1 atom stereocenters. The Hall–Kier alpha value is -1.70. The molecule has 1 aliphatic rings. The molecule has 1 amide bonds. The Morgan fingerprint density at radius 1 is 1.15 bits per heavy atom. The number of carbonyl (C=O) groups excluding carboxylic acids is 1. The molecule has 0 radical (unpaired) electrons. The number of nitrogens with zero attached hydrogens (tertiary/aromatic N) is 1. The summed E-state index contributed by atoms with van der Waals surface area (Å²) in [6.07, 6.45) is 7.00. The molecule has 0 bridgehead atoms. The Kier molecular flexibility index (Phi) is 6.03. The van der Waals surface area contributed by atoms with Crippen LogP contribution in [0.15, 0.2) is 35.2 Å². The number of hydrogen-bond donors (Lipinski definition) is 1. The van der Waals surface area contributed by atoms with Gasteiger partial charge in [0.25, 0.3) is 5.91 Å². The van der Waals surface area contributed by atoms with E-state index in [-0.39, 0.29) is 16.8 Å². The number of benzene rings is 1. The van der Waals surface area contributed by atoms with Gasteiger partial charge in [-0.2, -0.15) is 0 Å². The summed E-state index contributed by atoms with van der Waals surface area (Å²) in [6.45, 7) is 1.89. The quantitative estimate of drug-likeness (QED) is 0.836. The van der Waals surface area contributed by atoms with Crippen LogP contribution < -0.4 is 5.14 Å². The minimum absolute atomic E-state index is 0.0275. The number of thiophene rings is 1. The Labute approximate surface area is 165 Å². The third-order valence-corrected chi connectivity index (χ3v) is 7.41. The van der Waals surface area contributed by atoms with E-state index in [2.05, 4.69) is 6.07 Å². The van der Waals surface area contributed by atoms with Crippen molar-refractivity contribution in [3.05, 3.63) is 51.2 Å². The predicted molar refractivity (Wildman–Crippen MR) is 109 cm³/mol. The van der Waals surface area contributed by atoms with E-state index in [1.807, 2.05) is 13.0 Å². The van der Waals surface area contributed by atoms with Crippen LogP contribution in [0.1, 0.15) is 64.3 Å². The second-order valence-corrected chi connectivity index (χ2v) is 9.88. The van der Waals surface area contributed by atoms with Gasteiger partial charge in [0.05, 0.1) is 15.8 Å². The molecule has 0 saturated carbocycles. The Morgan fingerprint density at radius 3 is 2.56 bits per heavy atom. The number of nitrogens with two attached hydrogens (primary N) is 1. The lowest BCUT2D eigenvalue weighted by Crippen LogP contribution is -2.29. The summed E-state index contributed by atoms with van der Waals surface area (Å²) in [5.74, 6) is -0.0275. The average Bonchev–Trinajstić information content (AvgIpc) is 3.01. The number of amides is 1. The largest absolute Gasteiger partial charge is 0.334 e. The summed E-state index contributed by atoms with van der Waals surface area (Å²) in [5.41, 5.74) is 2.06. The molecule has 1 aromatic carbocycles. The highest BCUT2D eigenvalue weighted by Crippen LogP contribution is 2.31. The van der Waals surface area contributed by atoms with E-state index in [4.69, 9.17) is 5.14 Å². The van der Waals surface area contributed by atoms with Gasteiger partial charge in [0.2, 0.25) is 10.0 Å². The maximum atomic E-state index is 13.0. The molecule has 0 aliphatic heterocycles. The van der Waals surface area contributed by atoms with Crippen molar-refractivity contribution >= 4 is 27.3 Å². The van der Waals surface area contributed by atoms with Crippen LogP contribution in [-0.2, 0) is 22.9 Å². The van der Waals surface area contributed by atoms with Gasteiger partial charge in [-0.15, -0.1) is 11.3 Å². The van der Waals surface area contributed by atoms with Crippen LogP contribution in [0.2, 0.25) is 0 Å². The maximum absolute atomic E-state index is 13.0. The fraction of sp³-hybridized carbons (Fsp3) is 0.450. The minimum Gasteiger partial charge on any atom is -0.334 e. The lowest BCUT2D eigenvalue weighted by atomic mass is 9.99. The Balaban J connectivity index is 1.82. The SMILES string of the molecule is CC(c1cccc(S(N)(=O)=O)c1)N(C)C(=O)c1cc2c(s1)CCCCCC2. The van der Waals surface area contributed by atoms with Crippen LogP contribution in [0.3, 0.4) is 0 Å². The van der Waals surface area contributed by atoms with E-state index in [1.54, 1.807) is 29.4 Å². The minimum atomic E-state index is -3.77. The van der Waals surface area contributed by atoms with Crippen LogP contribution >= 0.6 is 11.3 Å². The van der Waals surface area contributed by atoms with Crippen LogP contribution in [0.5, 0.6) is 0 Å². The number of carbonyl (C=O) groups is 1. The van der Waals surface area contributed by atoms with Crippen LogP contribution in [0.4, 0.5) is 0 Å². The molecule has 0 saturated heterocycles. The molecule has 2 N–H and O–H groups in total. The van der Waals surface area contributed by atoms with Crippen molar-refractivity contribution in [3.63, 3.8) is 0 Å². The maximum Gasteiger partial charge on any atom is 0.264 e. The van der Waals surface area contributed by atoms with Gasteiger partial charge in [-0.1, -0.05) is 25.0 Å². The molecule has 1 heterocycles. The first-order valence-corrected chi connectivity index (χ1v) is 11.6. The number of primary sulfonamides is 1. The Morgan fingerprint density at radius 2 is 1.85 bits per heavy atom. The highest BCUT2D eigenvalue weighted by Gasteiger charge is 2.23. The summed E-state index contributed by atoms with van der Waals surface area (Å²) in [4.78, 5) is 16.9. The first kappa shape index (κ1) is 20.0. The first-order valence-electron chi connectivity index (χ1n) is 9.29. The fourth-order valence-electron chi connectivity index (χ4n) is 3.47. The second-order valence-electron chi connectivity index (χ2n) is 7.18. The van der Waals surface area contributed by atoms with Gasteiger partial charge in [-0.3, -0.25) is 4.79 Å². The summed E-state index contributed by atoms with van der Waals surface area (Å²) in [5, 5.41) is 5.23. The fourth-order valence-corrected chi connectivity index (χ4v) is 5.28. The first-order chi connectivity index (χ1) is 12.8. The van der Waals surface area contributed by atoms with Crippen molar-refractivity contribution in [2.24, 2.45) is 5.14 Å². The van der Waals surface area contributed by atoms with Crippen molar-refractivity contribution in [2.45, 2.75) is 56.4 Å². The molecule has 2 aromatic rings. The highest BCUT2D eigenvalue weighted by molar-refractivity contribution is 7.89. The number of hydrogen-bond acceptors (Lipinski definition) is 4. The molecular weight excluding hydrogens is 380 g/mol.